The summed E-state index contributed by atoms with van der Waals surface area (Å²) in [5.41, 5.74) is 11.3. The van der Waals surface area contributed by atoms with Gasteiger partial charge in [0.2, 0.25) is 5.91 Å². The average Bonchev–Trinajstić information content (AvgIpc) is 3.77. The van der Waals surface area contributed by atoms with E-state index in [1.807, 2.05) is 105 Å². The van der Waals surface area contributed by atoms with Crippen LogP contribution in [-0.2, 0) is 9.59 Å². The number of rotatable bonds is 8. The van der Waals surface area contributed by atoms with Crippen molar-refractivity contribution in [2.75, 3.05) is 30.3 Å². The number of carbonyl (C=O) groups excluding carboxylic acids is 3. The number of aromatic amines is 1. The minimum atomic E-state index is -0.833. The molecule has 362 valence electrons. The molecule has 4 aromatic carbocycles. The summed E-state index contributed by atoms with van der Waals surface area (Å²) in [5.74, 6) is 1.74. The number of amides is 2. The minimum absolute atomic E-state index is 0. The number of pyridine rings is 2. The lowest BCUT2D eigenvalue weighted by molar-refractivity contribution is -0.134. The van der Waals surface area contributed by atoms with Crippen LogP contribution < -0.4 is 27.4 Å². The molecule has 2 aliphatic rings. The van der Waals surface area contributed by atoms with Crippen LogP contribution in [0, 0.1) is 19.8 Å². The first-order valence-electron chi connectivity index (χ1n) is 22.9. The Morgan fingerprint density at radius 1 is 0.667 bits per heavy atom. The Hall–Kier alpha value is -7.68. The molecule has 7 aromatic rings. The number of aliphatic hydroxyl groups excluding tert-OH is 1. The molecule has 69 heavy (non-hydrogen) atoms. The normalized spacial score (nSPS) is 14.4. The molecule has 0 radical (unpaired) electrons. The molecular formula is C55H66N8O6. The first-order chi connectivity index (χ1) is 32.7. The second-order valence-electron chi connectivity index (χ2n) is 16.5. The number of para-hydroxylation sites is 4. The highest BCUT2D eigenvalue weighted by atomic mass is 16.4. The maximum Gasteiger partial charge on any atom is 0.300 e. The van der Waals surface area contributed by atoms with Gasteiger partial charge in [0.25, 0.3) is 11.9 Å². The summed E-state index contributed by atoms with van der Waals surface area (Å²) in [7, 11) is 0. The third kappa shape index (κ3) is 14.7. The number of benzene rings is 4. The highest BCUT2D eigenvalue weighted by Crippen LogP contribution is 2.35. The molecule has 2 unspecified atom stereocenters. The van der Waals surface area contributed by atoms with E-state index in [4.69, 9.17) is 20.0 Å². The highest BCUT2D eigenvalue weighted by molar-refractivity contribution is 6.06. The van der Waals surface area contributed by atoms with Crippen LogP contribution in [0.2, 0.25) is 0 Å². The first kappa shape index (κ1) is 53.9. The van der Waals surface area contributed by atoms with Gasteiger partial charge in [-0.25, -0.2) is 9.97 Å². The molecule has 2 atom stereocenters. The molecule has 9 rings (SSSR count). The number of H-pyrrole nitrogens is 1. The van der Waals surface area contributed by atoms with Gasteiger partial charge in [-0.1, -0.05) is 86.2 Å². The molecule has 0 spiro atoms. The van der Waals surface area contributed by atoms with Gasteiger partial charge in [0.1, 0.15) is 11.6 Å². The van der Waals surface area contributed by atoms with Crippen molar-refractivity contribution in [2.45, 2.75) is 74.1 Å². The van der Waals surface area contributed by atoms with E-state index in [0.717, 1.165) is 105 Å². The number of aryl methyl sites for hydroxylation is 2. The fraction of sp³-hybridized carbons (Fsp3) is 0.273. The van der Waals surface area contributed by atoms with Crippen molar-refractivity contribution in [2.24, 2.45) is 5.92 Å². The number of Topliss-reactive ketones (excluding diaryl/α,β-unsaturated/α-hetero) is 1. The summed E-state index contributed by atoms with van der Waals surface area (Å²) >= 11 is 0. The minimum Gasteiger partial charge on any atom is -0.481 e. The number of hydrogen-bond donors (Lipinski definition) is 8. The molecule has 0 aliphatic carbocycles. The maximum atomic E-state index is 12.4. The van der Waals surface area contributed by atoms with E-state index in [0.29, 0.717) is 23.9 Å². The van der Waals surface area contributed by atoms with Crippen molar-refractivity contribution in [3.8, 4) is 11.3 Å². The molecule has 0 saturated carbocycles. The molecule has 14 nitrogen and oxygen atoms in total. The van der Waals surface area contributed by atoms with Crippen LogP contribution in [-0.4, -0.2) is 68.4 Å². The predicted molar refractivity (Wildman–Crippen MR) is 279 cm³/mol. The zero-order chi connectivity index (χ0) is 49.3. The van der Waals surface area contributed by atoms with Crippen molar-refractivity contribution < 1.29 is 29.4 Å². The highest BCUT2D eigenvalue weighted by Gasteiger charge is 2.27. The van der Waals surface area contributed by atoms with Crippen LogP contribution in [0.3, 0.4) is 0 Å². The first-order valence-corrected chi connectivity index (χ1v) is 22.9. The predicted octanol–water partition coefficient (Wildman–Crippen LogP) is 11.3. The van der Waals surface area contributed by atoms with Gasteiger partial charge in [-0.3, -0.25) is 19.2 Å². The number of carboxylic acid groups (broad SMARTS) is 1. The number of hydrogen-bond acceptors (Lipinski definition) is 10. The fourth-order valence-corrected chi connectivity index (χ4v) is 7.79. The second kappa shape index (κ2) is 26.0. The van der Waals surface area contributed by atoms with Crippen LogP contribution in [0.5, 0.6) is 0 Å². The van der Waals surface area contributed by atoms with Gasteiger partial charge in [0, 0.05) is 83.3 Å². The number of anilines is 4. The van der Waals surface area contributed by atoms with Crippen molar-refractivity contribution in [3.05, 3.63) is 155 Å². The van der Waals surface area contributed by atoms with Gasteiger partial charge < -0.3 is 42.6 Å². The van der Waals surface area contributed by atoms with Gasteiger partial charge in [-0.05, 0) is 113 Å². The number of ketones is 1. The van der Waals surface area contributed by atoms with E-state index in [1.54, 1.807) is 19.9 Å². The fourth-order valence-electron chi connectivity index (χ4n) is 7.79. The number of aromatic nitrogens is 3. The monoisotopic (exact) mass is 935 g/mol. The molecule has 0 saturated heterocycles. The Morgan fingerprint density at radius 2 is 1.16 bits per heavy atom. The summed E-state index contributed by atoms with van der Waals surface area (Å²) < 4.78 is 0. The van der Waals surface area contributed by atoms with Crippen molar-refractivity contribution in [1.82, 2.24) is 31.7 Å². The van der Waals surface area contributed by atoms with Crippen LogP contribution in [0.15, 0.2) is 127 Å². The molecule has 14 heteroatoms. The number of aliphatic hydroxyl groups is 1. The molecule has 0 bridgehead atoms. The lowest BCUT2D eigenvalue weighted by Crippen LogP contribution is -2.34. The number of nitrogens with one attached hydrogen (secondary N) is 5. The summed E-state index contributed by atoms with van der Waals surface area (Å²) in [6, 6.07) is 38.0. The van der Waals surface area contributed by atoms with E-state index in [-0.39, 0.29) is 30.4 Å². The van der Waals surface area contributed by atoms with Crippen LogP contribution in [0.4, 0.5) is 23.0 Å². The molecule has 5 heterocycles. The SMILES string of the molecule is CC(=O)O.CC(=O)c1cccc2cc(C)c(Nc3ccccc3)nc12.CCC1CNC(=O)C=C1C.CCC1CNC(=O)c2cc(-c3cccc4cc(C)c(Nc5ccccc5)nc34)[nH]c21.CCO.N. The quantitative estimate of drug-likeness (QED) is 0.0668. The summed E-state index contributed by atoms with van der Waals surface area (Å²) in [6.45, 7) is 16.5. The van der Waals surface area contributed by atoms with Gasteiger partial charge >= 0.3 is 0 Å². The van der Waals surface area contributed by atoms with E-state index in [2.05, 4.69) is 76.3 Å². The molecule has 2 aliphatic heterocycles. The third-order valence-corrected chi connectivity index (χ3v) is 11.3. The molecule has 3 aromatic heterocycles. The van der Waals surface area contributed by atoms with Crippen molar-refractivity contribution in [1.29, 1.82) is 0 Å². The maximum absolute atomic E-state index is 12.4. The van der Waals surface area contributed by atoms with Gasteiger partial charge in [-0.15, -0.1) is 0 Å². The number of nitrogens with zero attached hydrogens (tertiary/aromatic N) is 2. The second-order valence-corrected chi connectivity index (χ2v) is 16.5. The van der Waals surface area contributed by atoms with Gasteiger partial charge in [0.15, 0.2) is 5.78 Å². The smallest absolute Gasteiger partial charge is 0.300 e. The Kier molecular flexibility index (Phi) is 20.3. The topological polar surface area (TPSA) is 233 Å². The van der Waals surface area contributed by atoms with E-state index < -0.39 is 5.97 Å². The third-order valence-electron chi connectivity index (χ3n) is 11.3. The number of carbonyl (C=O) groups is 4. The number of aliphatic carboxylic acids is 1. The molecule has 2 amide bonds. The van der Waals surface area contributed by atoms with Gasteiger partial charge in [-0.2, -0.15) is 0 Å². The zero-order valence-corrected chi connectivity index (χ0v) is 40.9. The number of fused-ring (bicyclic) bond motifs is 3. The largest absolute Gasteiger partial charge is 0.481 e. The summed E-state index contributed by atoms with van der Waals surface area (Å²) in [4.78, 5) is 57.1. The van der Waals surface area contributed by atoms with E-state index in [1.165, 1.54) is 5.57 Å². The lowest BCUT2D eigenvalue weighted by Gasteiger charge is -2.21. The summed E-state index contributed by atoms with van der Waals surface area (Å²) in [6.07, 6.45) is 3.78. The molecular weight excluding hydrogens is 869 g/mol. The Labute approximate surface area is 404 Å². The van der Waals surface area contributed by atoms with Crippen molar-refractivity contribution in [3.63, 3.8) is 0 Å². The van der Waals surface area contributed by atoms with E-state index in [9.17, 15) is 14.4 Å². The van der Waals surface area contributed by atoms with Crippen LogP contribution in [0.25, 0.3) is 33.1 Å². The van der Waals surface area contributed by atoms with Crippen molar-refractivity contribution >= 4 is 68.4 Å². The zero-order valence-electron chi connectivity index (χ0n) is 40.9. The Balaban J connectivity index is 0.000000230. The lowest BCUT2D eigenvalue weighted by atomic mass is 9.95. The van der Waals surface area contributed by atoms with Gasteiger partial charge in [0.05, 0.1) is 16.6 Å². The molecule has 0 fully saturated rings. The average molecular weight is 935 g/mol. The standard InChI is InChI=1S/C25H24N4O.C18H16N2O.C8H13NO.C2H4O2.C2H6O.H3N/c1-3-16-14-26-25(30)20-13-21(28-22(16)20)19-11-7-8-17-12-15(2)24(29-23(17)19)27-18-9-5-4-6-10-18;1-12-11-14-7-6-10-16(13(2)21)17(14)20-18(12)19-15-8-4-3-5-9-15;1-3-7-5-9-8(10)4-6(7)2;1-2(3)4;1-2-3;/h4-13,16,28H,3,14H2,1-2H3,(H,26,30)(H,27,29);3-11H,1-2H3,(H,19,20);4,7H,3,5H2,1-2H3,(H,9,10);1H3,(H,3,4);3H,2H2,1H3;1H3. The Bertz CT molecular complexity index is 2880. The summed E-state index contributed by atoms with van der Waals surface area (Å²) in [5, 5.41) is 29.6. The van der Waals surface area contributed by atoms with E-state index >= 15 is 0 Å². The van der Waals surface area contributed by atoms with Crippen LogP contribution in [0.1, 0.15) is 97.8 Å². The molecule has 10 N–H and O–H groups in total. The Morgan fingerprint density at radius 3 is 1.67 bits per heavy atom. The number of carboxylic acids is 1. The van der Waals surface area contributed by atoms with Crippen LogP contribution >= 0.6 is 0 Å².